The molecule has 0 atom stereocenters. The van der Waals surface area contributed by atoms with Crippen LogP contribution in [0.4, 0.5) is 10.1 Å². The van der Waals surface area contributed by atoms with Gasteiger partial charge in [-0.1, -0.05) is 37.3 Å². The van der Waals surface area contributed by atoms with Crippen LogP contribution in [0.3, 0.4) is 0 Å². The van der Waals surface area contributed by atoms with E-state index in [0.29, 0.717) is 17.8 Å². The molecule has 21 heavy (non-hydrogen) atoms. The monoisotopic (exact) mass is 307 g/mol. The highest BCUT2D eigenvalue weighted by atomic mass is 32.2. The van der Waals surface area contributed by atoms with Gasteiger partial charge in [-0.15, -0.1) is 0 Å². The van der Waals surface area contributed by atoms with Crippen LogP contribution in [0.5, 0.6) is 0 Å². The molecule has 2 aromatic rings. The topological polar surface area (TPSA) is 37.4 Å². The van der Waals surface area contributed by atoms with E-state index in [4.69, 9.17) is 0 Å². The summed E-state index contributed by atoms with van der Waals surface area (Å²) in [7, 11) is -1.55. The van der Waals surface area contributed by atoms with E-state index in [2.05, 4.69) is 0 Å². The molecule has 0 fully saturated rings. The molecule has 5 heteroatoms. The number of nitrogens with zero attached hydrogens (tertiary/aromatic N) is 1. The predicted octanol–water partition coefficient (Wildman–Crippen LogP) is 3.26. The van der Waals surface area contributed by atoms with Crippen LogP contribution in [0, 0.1) is 5.82 Å². The number of sulfone groups is 1. The van der Waals surface area contributed by atoms with Gasteiger partial charge >= 0.3 is 0 Å². The molecule has 0 heterocycles. The second kappa shape index (κ2) is 6.26. The van der Waals surface area contributed by atoms with E-state index < -0.39 is 9.84 Å². The van der Waals surface area contributed by atoms with Crippen molar-refractivity contribution < 1.29 is 12.8 Å². The Labute approximate surface area is 124 Å². The number of benzene rings is 2. The van der Waals surface area contributed by atoms with Gasteiger partial charge in [0, 0.05) is 19.2 Å². The van der Waals surface area contributed by atoms with E-state index in [-0.39, 0.29) is 16.5 Å². The summed E-state index contributed by atoms with van der Waals surface area (Å²) in [6.07, 6.45) is 0. The second-order valence-corrected chi connectivity index (χ2v) is 7.07. The van der Waals surface area contributed by atoms with Crippen molar-refractivity contribution in [3.8, 4) is 0 Å². The number of hydrogen-bond acceptors (Lipinski definition) is 3. The molecule has 0 aliphatic heterocycles. The maximum atomic E-state index is 13.7. The van der Waals surface area contributed by atoms with E-state index in [1.54, 1.807) is 61.3 Å². The molecule has 0 aliphatic carbocycles. The third-order valence-corrected chi connectivity index (χ3v) is 5.13. The summed E-state index contributed by atoms with van der Waals surface area (Å²) in [6.45, 7) is 1.92. The van der Waals surface area contributed by atoms with Gasteiger partial charge in [-0.05, 0) is 18.2 Å². The minimum atomic E-state index is -3.31. The molecule has 2 rings (SSSR count). The van der Waals surface area contributed by atoms with Gasteiger partial charge in [0.1, 0.15) is 5.82 Å². The summed E-state index contributed by atoms with van der Waals surface area (Å²) in [5.74, 6) is -0.252. The van der Waals surface area contributed by atoms with Crippen molar-refractivity contribution in [3.63, 3.8) is 0 Å². The Hall–Kier alpha value is -1.88. The van der Waals surface area contributed by atoms with Crippen LogP contribution in [-0.2, 0) is 16.4 Å². The molecule has 2 aromatic carbocycles. The first-order valence-corrected chi connectivity index (χ1v) is 8.37. The summed E-state index contributed by atoms with van der Waals surface area (Å²) >= 11 is 0. The minimum Gasteiger partial charge on any atom is -0.369 e. The first-order valence-electron chi connectivity index (χ1n) is 6.72. The lowest BCUT2D eigenvalue weighted by atomic mass is 10.2. The molecule has 0 amide bonds. The maximum absolute atomic E-state index is 13.7. The third kappa shape index (κ3) is 3.42. The van der Waals surface area contributed by atoms with Gasteiger partial charge in [-0.2, -0.15) is 0 Å². The second-order valence-electron chi connectivity index (χ2n) is 4.82. The molecule has 0 saturated carbocycles. The summed E-state index contributed by atoms with van der Waals surface area (Å²) in [5.41, 5.74) is 1.12. The lowest BCUT2D eigenvalue weighted by molar-refractivity contribution is 0.596. The summed E-state index contributed by atoms with van der Waals surface area (Å²) in [5, 5.41) is 0. The van der Waals surface area contributed by atoms with E-state index in [9.17, 15) is 12.8 Å². The highest BCUT2D eigenvalue weighted by Crippen LogP contribution is 2.26. The van der Waals surface area contributed by atoms with E-state index in [1.165, 1.54) is 6.07 Å². The lowest BCUT2D eigenvalue weighted by Crippen LogP contribution is -2.20. The van der Waals surface area contributed by atoms with Crippen LogP contribution >= 0.6 is 0 Å². The molecule has 0 aliphatic rings. The molecular weight excluding hydrogens is 289 g/mol. The zero-order valence-electron chi connectivity index (χ0n) is 12.1. The summed E-state index contributed by atoms with van der Waals surface area (Å²) < 4.78 is 38.0. The highest BCUT2D eigenvalue weighted by molar-refractivity contribution is 7.91. The molecule has 0 aromatic heterocycles. The van der Waals surface area contributed by atoms with Crippen molar-refractivity contribution in [2.45, 2.75) is 18.4 Å². The Kier molecular flexibility index (Phi) is 4.63. The number of anilines is 1. The van der Waals surface area contributed by atoms with Crippen molar-refractivity contribution in [2.75, 3.05) is 17.7 Å². The molecule has 0 N–H and O–H groups in total. The zero-order chi connectivity index (χ0) is 15.5. The minimum absolute atomic E-state index is 0.0392. The van der Waals surface area contributed by atoms with Gasteiger partial charge in [0.25, 0.3) is 0 Å². The third-order valence-electron chi connectivity index (χ3n) is 3.36. The van der Waals surface area contributed by atoms with Crippen LogP contribution in [0.25, 0.3) is 0 Å². The Morgan fingerprint density at radius 2 is 1.67 bits per heavy atom. The van der Waals surface area contributed by atoms with Gasteiger partial charge in [0.2, 0.25) is 0 Å². The zero-order valence-corrected chi connectivity index (χ0v) is 12.9. The molecule has 0 saturated heterocycles. The van der Waals surface area contributed by atoms with Gasteiger partial charge < -0.3 is 4.90 Å². The first kappa shape index (κ1) is 15.5. The summed E-state index contributed by atoms with van der Waals surface area (Å²) in [4.78, 5) is 2.03. The molecule has 0 radical (unpaired) electrons. The Balaban J connectivity index is 2.37. The smallest absolute Gasteiger partial charge is 0.180 e. The lowest BCUT2D eigenvalue weighted by Gasteiger charge is -2.22. The fourth-order valence-electron chi connectivity index (χ4n) is 2.16. The largest absolute Gasteiger partial charge is 0.369 e. The molecule has 0 spiro atoms. The number of rotatable bonds is 5. The number of halogens is 1. The number of para-hydroxylation sites is 1. The molecule has 0 unspecified atom stereocenters. The van der Waals surface area contributed by atoms with Crippen LogP contribution in [0.15, 0.2) is 53.4 Å². The Bertz CT molecular complexity index is 729. The van der Waals surface area contributed by atoms with Gasteiger partial charge in [-0.3, -0.25) is 0 Å². The predicted molar refractivity (Wildman–Crippen MR) is 82.7 cm³/mol. The Morgan fingerprint density at radius 3 is 2.33 bits per heavy atom. The normalized spacial score (nSPS) is 11.4. The molecule has 3 nitrogen and oxygen atoms in total. The standard InChI is InChI=1S/C16H18FNO2S/c1-3-21(19,20)16-11-7-6-10-15(16)18(2)12-13-8-4-5-9-14(13)17/h4-11H,3,12H2,1-2H3. The SMILES string of the molecule is CCS(=O)(=O)c1ccccc1N(C)Cc1ccccc1F. The van der Waals surface area contributed by atoms with E-state index in [1.807, 2.05) is 0 Å². The molecular formula is C16H18FNO2S. The molecule has 0 bridgehead atoms. The highest BCUT2D eigenvalue weighted by Gasteiger charge is 2.18. The van der Waals surface area contributed by atoms with Crippen molar-refractivity contribution in [1.82, 2.24) is 0 Å². The first-order chi connectivity index (χ1) is 9.95. The number of hydrogen-bond donors (Lipinski definition) is 0. The average molecular weight is 307 g/mol. The van der Waals surface area contributed by atoms with Gasteiger partial charge in [0.15, 0.2) is 9.84 Å². The van der Waals surface area contributed by atoms with Crippen molar-refractivity contribution in [1.29, 1.82) is 0 Å². The van der Waals surface area contributed by atoms with E-state index in [0.717, 1.165) is 0 Å². The van der Waals surface area contributed by atoms with E-state index >= 15 is 0 Å². The van der Waals surface area contributed by atoms with Crippen molar-refractivity contribution >= 4 is 15.5 Å². The molecule has 112 valence electrons. The fraction of sp³-hybridized carbons (Fsp3) is 0.250. The Morgan fingerprint density at radius 1 is 1.05 bits per heavy atom. The summed E-state index contributed by atoms with van der Waals surface area (Å²) in [6, 6.07) is 13.3. The van der Waals surface area contributed by atoms with Crippen LogP contribution in [-0.4, -0.2) is 21.2 Å². The van der Waals surface area contributed by atoms with Gasteiger partial charge in [0.05, 0.1) is 16.3 Å². The van der Waals surface area contributed by atoms with Crippen LogP contribution < -0.4 is 4.90 Å². The quantitative estimate of drug-likeness (QED) is 0.851. The van der Waals surface area contributed by atoms with Crippen LogP contribution in [0.1, 0.15) is 12.5 Å². The maximum Gasteiger partial charge on any atom is 0.180 e. The van der Waals surface area contributed by atoms with Crippen LogP contribution in [0.2, 0.25) is 0 Å². The van der Waals surface area contributed by atoms with Crippen molar-refractivity contribution in [2.24, 2.45) is 0 Å². The van der Waals surface area contributed by atoms with Crippen molar-refractivity contribution in [3.05, 3.63) is 59.9 Å². The van der Waals surface area contributed by atoms with Gasteiger partial charge in [-0.25, -0.2) is 12.8 Å². The fourth-order valence-corrected chi connectivity index (χ4v) is 3.30. The average Bonchev–Trinajstić information content (AvgIpc) is 2.49.